The van der Waals surface area contributed by atoms with Gasteiger partial charge in [-0.05, 0) is 92.6 Å². The van der Waals surface area contributed by atoms with Crippen LogP contribution < -0.4 is 9.47 Å². The standard InChI is InChI=1S/C28H38FNO4/c1-19(2)23(28(31)34-25-8-6-7-21-18-22(29)10-11-24(21)25)14-16-30(3)15-13-20-9-12-26(32-4)27(17-20)33-5/h9-12,17-19,23,25H,6-8,13-16H2,1-5H3/t23-,25-/m1/s1. The highest BCUT2D eigenvalue weighted by atomic mass is 19.1. The first-order chi connectivity index (χ1) is 16.3. The number of esters is 1. The molecule has 3 rings (SSSR count). The number of likely N-dealkylation sites (N-methyl/N-ethyl adjacent to an activating group) is 1. The number of ether oxygens (including phenoxy) is 3. The quantitative estimate of drug-likeness (QED) is 0.399. The van der Waals surface area contributed by atoms with E-state index in [4.69, 9.17) is 14.2 Å². The van der Waals surface area contributed by atoms with Crippen molar-refractivity contribution in [1.82, 2.24) is 4.90 Å². The first-order valence-electron chi connectivity index (χ1n) is 12.2. The van der Waals surface area contributed by atoms with Crippen molar-refractivity contribution in [3.63, 3.8) is 0 Å². The summed E-state index contributed by atoms with van der Waals surface area (Å²) < 4.78 is 30.3. The molecular weight excluding hydrogens is 433 g/mol. The summed E-state index contributed by atoms with van der Waals surface area (Å²) in [7, 11) is 5.35. The van der Waals surface area contributed by atoms with Gasteiger partial charge in [0.25, 0.3) is 0 Å². The Balaban J connectivity index is 1.53. The molecule has 34 heavy (non-hydrogen) atoms. The second-order valence-corrected chi connectivity index (χ2v) is 9.54. The van der Waals surface area contributed by atoms with Crippen molar-refractivity contribution in [2.45, 2.75) is 52.1 Å². The highest BCUT2D eigenvalue weighted by Crippen LogP contribution is 2.34. The molecule has 6 heteroatoms. The van der Waals surface area contributed by atoms with Gasteiger partial charge in [0.2, 0.25) is 0 Å². The van der Waals surface area contributed by atoms with Crippen molar-refractivity contribution >= 4 is 5.97 Å². The van der Waals surface area contributed by atoms with E-state index in [2.05, 4.69) is 31.9 Å². The summed E-state index contributed by atoms with van der Waals surface area (Å²) in [4.78, 5) is 15.4. The molecule has 0 heterocycles. The Hall–Kier alpha value is -2.60. The van der Waals surface area contributed by atoms with Crippen molar-refractivity contribution in [2.75, 3.05) is 34.4 Å². The van der Waals surface area contributed by atoms with Crippen LogP contribution in [0, 0.1) is 17.7 Å². The van der Waals surface area contributed by atoms with Gasteiger partial charge in [-0.25, -0.2) is 4.39 Å². The fourth-order valence-corrected chi connectivity index (χ4v) is 4.64. The van der Waals surface area contributed by atoms with Crippen LogP contribution in [0.3, 0.4) is 0 Å². The zero-order valence-electron chi connectivity index (χ0n) is 21.1. The molecule has 0 saturated carbocycles. The molecule has 2 atom stereocenters. The fourth-order valence-electron chi connectivity index (χ4n) is 4.64. The van der Waals surface area contributed by atoms with E-state index in [0.29, 0.717) is 0 Å². The second-order valence-electron chi connectivity index (χ2n) is 9.54. The zero-order chi connectivity index (χ0) is 24.7. The van der Waals surface area contributed by atoms with Gasteiger partial charge in [0, 0.05) is 6.54 Å². The average molecular weight is 472 g/mol. The van der Waals surface area contributed by atoms with Crippen molar-refractivity contribution in [1.29, 1.82) is 0 Å². The number of rotatable bonds is 11. The molecule has 0 aliphatic heterocycles. The Morgan fingerprint density at radius 2 is 1.85 bits per heavy atom. The predicted octanol–water partition coefficient (Wildman–Crippen LogP) is 5.60. The summed E-state index contributed by atoms with van der Waals surface area (Å²) in [5.74, 6) is 1.09. The minimum atomic E-state index is -0.277. The van der Waals surface area contributed by atoms with Crippen molar-refractivity contribution in [2.24, 2.45) is 11.8 Å². The van der Waals surface area contributed by atoms with E-state index in [9.17, 15) is 9.18 Å². The molecule has 0 aromatic heterocycles. The van der Waals surface area contributed by atoms with E-state index in [1.165, 1.54) is 11.6 Å². The van der Waals surface area contributed by atoms with Crippen LogP contribution in [0.1, 0.15) is 55.9 Å². The first kappa shape index (κ1) is 26.0. The van der Waals surface area contributed by atoms with Crippen LogP contribution in [0.15, 0.2) is 36.4 Å². The molecule has 2 aromatic carbocycles. The van der Waals surface area contributed by atoms with Crippen molar-refractivity contribution in [3.8, 4) is 11.5 Å². The number of hydrogen-bond acceptors (Lipinski definition) is 5. The summed E-state index contributed by atoms with van der Waals surface area (Å²) in [5, 5.41) is 0. The van der Waals surface area contributed by atoms with Crippen LogP contribution in [-0.2, 0) is 22.4 Å². The fraction of sp³-hybridized carbons (Fsp3) is 0.536. The topological polar surface area (TPSA) is 48.0 Å². The molecule has 0 radical (unpaired) electrons. The van der Waals surface area contributed by atoms with Gasteiger partial charge in [0.1, 0.15) is 11.9 Å². The van der Waals surface area contributed by atoms with E-state index in [1.807, 2.05) is 12.1 Å². The molecule has 0 unspecified atom stereocenters. The van der Waals surface area contributed by atoms with E-state index in [1.54, 1.807) is 26.4 Å². The minimum Gasteiger partial charge on any atom is -0.493 e. The predicted molar refractivity (Wildman–Crippen MR) is 132 cm³/mol. The third-order valence-electron chi connectivity index (χ3n) is 6.78. The summed E-state index contributed by atoms with van der Waals surface area (Å²) in [5.41, 5.74) is 3.09. The van der Waals surface area contributed by atoms with Gasteiger partial charge in [0.15, 0.2) is 11.5 Å². The minimum absolute atomic E-state index is 0.148. The van der Waals surface area contributed by atoms with Gasteiger partial charge in [-0.1, -0.05) is 26.0 Å². The Labute approximate surface area is 203 Å². The maximum atomic E-state index is 13.6. The Kier molecular flexibility index (Phi) is 9.34. The van der Waals surface area contributed by atoms with Crippen LogP contribution in [0.4, 0.5) is 4.39 Å². The van der Waals surface area contributed by atoms with Crippen molar-refractivity contribution in [3.05, 3.63) is 58.9 Å². The number of aryl methyl sites for hydroxylation is 1. The van der Waals surface area contributed by atoms with E-state index < -0.39 is 0 Å². The lowest BCUT2D eigenvalue weighted by Gasteiger charge is -2.29. The molecular formula is C28H38FNO4. The Morgan fingerprint density at radius 3 is 2.56 bits per heavy atom. The Bertz CT molecular complexity index is 961. The lowest BCUT2D eigenvalue weighted by atomic mass is 9.88. The van der Waals surface area contributed by atoms with Gasteiger partial charge in [-0.15, -0.1) is 0 Å². The van der Waals surface area contributed by atoms with Crippen LogP contribution in [0.2, 0.25) is 0 Å². The summed E-state index contributed by atoms with van der Waals surface area (Å²) in [6.07, 6.45) is 3.87. The maximum Gasteiger partial charge on any atom is 0.309 e. The summed E-state index contributed by atoms with van der Waals surface area (Å²) in [6, 6.07) is 10.8. The number of carbonyl (C=O) groups excluding carboxylic acids is 1. The number of hydrogen-bond donors (Lipinski definition) is 0. The molecule has 5 nitrogen and oxygen atoms in total. The first-order valence-corrected chi connectivity index (χ1v) is 12.2. The molecule has 0 bridgehead atoms. The SMILES string of the molecule is COc1ccc(CCN(C)CC[C@@H](C(=O)O[C@@H]2CCCc3cc(F)ccc32)C(C)C)cc1OC. The summed E-state index contributed by atoms with van der Waals surface area (Å²) >= 11 is 0. The van der Waals surface area contributed by atoms with Gasteiger partial charge in [0.05, 0.1) is 20.1 Å². The molecule has 186 valence electrons. The number of methoxy groups -OCH3 is 2. The van der Waals surface area contributed by atoms with Gasteiger partial charge < -0.3 is 19.1 Å². The summed E-state index contributed by atoms with van der Waals surface area (Å²) in [6.45, 7) is 5.81. The van der Waals surface area contributed by atoms with E-state index in [0.717, 1.165) is 67.8 Å². The third kappa shape index (κ3) is 6.72. The van der Waals surface area contributed by atoms with Gasteiger partial charge in [-0.3, -0.25) is 4.79 Å². The maximum absolute atomic E-state index is 13.6. The lowest BCUT2D eigenvalue weighted by Crippen LogP contribution is -2.31. The van der Waals surface area contributed by atoms with E-state index in [-0.39, 0.29) is 29.7 Å². The molecule has 0 saturated heterocycles. The van der Waals surface area contributed by atoms with Gasteiger partial charge >= 0.3 is 5.97 Å². The molecule has 0 fully saturated rings. The third-order valence-corrected chi connectivity index (χ3v) is 6.78. The smallest absolute Gasteiger partial charge is 0.309 e. The van der Waals surface area contributed by atoms with Crippen LogP contribution in [0.5, 0.6) is 11.5 Å². The highest BCUT2D eigenvalue weighted by molar-refractivity contribution is 5.73. The number of halogens is 1. The van der Waals surface area contributed by atoms with Crippen LogP contribution >= 0.6 is 0 Å². The second kappa shape index (κ2) is 12.2. The Morgan fingerprint density at radius 1 is 1.09 bits per heavy atom. The largest absolute Gasteiger partial charge is 0.493 e. The molecule has 1 aliphatic rings. The average Bonchev–Trinajstić information content (AvgIpc) is 2.82. The molecule has 0 amide bonds. The number of nitrogens with zero attached hydrogens (tertiary/aromatic N) is 1. The zero-order valence-corrected chi connectivity index (χ0v) is 21.1. The molecule has 1 aliphatic carbocycles. The lowest BCUT2D eigenvalue weighted by molar-refractivity contribution is -0.157. The van der Waals surface area contributed by atoms with Crippen LogP contribution in [-0.4, -0.2) is 45.2 Å². The van der Waals surface area contributed by atoms with Crippen LogP contribution in [0.25, 0.3) is 0 Å². The monoisotopic (exact) mass is 471 g/mol. The normalized spacial score (nSPS) is 16.3. The van der Waals surface area contributed by atoms with E-state index >= 15 is 0 Å². The van der Waals surface area contributed by atoms with Crippen molar-refractivity contribution < 1.29 is 23.4 Å². The molecule has 0 spiro atoms. The molecule has 0 N–H and O–H groups in total. The number of benzene rings is 2. The molecule has 2 aromatic rings. The van der Waals surface area contributed by atoms with Gasteiger partial charge in [-0.2, -0.15) is 0 Å². The number of fused-ring (bicyclic) bond motifs is 1. The highest BCUT2D eigenvalue weighted by Gasteiger charge is 2.29. The number of carbonyl (C=O) groups is 1.